The largest absolute Gasteiger partial charge is 0.384 e. The zero-order valence-electron chi connectivity index (χ0n) is 14.0. The second kappa shape index (κ2) is 7.93. The first-order valence-electron chi connectivity index (χ1n) is 8.21. The van der Waals surface area contributed by atoms with Gasteiger partial charge in [0.25, 0.3) is 5.91 Å². The molecule has 1 amide bonds. The maximum atomic E-state index is 13.9. The van der Waals surface area contributed by atoms with Crippen molar-refractivity contribution < 1.29 is 13.9 Å². The van der Waals surface area contributed by atoms with Gasteiger partial charge in [0, 0.05) is 37.7 Å². The molecule has 1 aromatic carbocycles. The highest BCUT2D eigenvalue weighted by atomic mass is 35.5. The van der Waals surface area contributed by atoms with Crippen LogP contribution in [0.2, 0.25) is 5.02 Å². The molecule has 1 aliphatic rings. The van der Waals surface area contributed by atoms with Crippen molar-refractivity contribution in [1.82, 2.24) is 19.7 Å². The molecule has 2 aromatic rings. The highest BCUT2D eigenvalue weighted by molar-refractivity contribution is 6.31. The lowest BCUT2D eigenvalue weighted by atomic mass is 10.0. The third-order valence-corrected chi connectivity index (χ3v) is 4.72. The van der Waals surface area contributed by atoms with Crippen LogP contribution in [0.4, 0.5) is 4.39 Å². The maximum absolute atomic E-state index is 13.9. The molecule has 134 valence electrons. The van der Waals surface area contributed by atoms with Crippen LogP contribution in [0.3, 0.4) is 0 Å². The minimum Gasteiger partial charge on any atom is -0.384 e. The van der Waals surface area contributed by atoms with E-state index in [9.17, 15) is 9.18 Å². The number of nitrogens with zero attached hydrogens (tertiary/aromatic N) is 4. The van der Waals surface area contributed by atoms with Crippen molar-refractivity contribution >= 4 is 17.5 Å². The summed E-state index contributed by atoms with van der Waals surface area (Å²) in [7, 11) is 1.65. The zero-order valence-corrected chi connectivity index (χ0v) is 14.7. The van der Waals surface area contributed by atoms with Gasteiger partial charge in [-0.3, -0.25) is 4.79 Å². The van der Waals surface area contributed by atoms with Gasteiger partial charge in [-0.25, -0.2) is 4.39 Å². The fraction of sp³-hybridized carbons (Fsp3) is 0.471. The molecule has 0 atom stereocenters. The number of carbonyl (C=O) groups excluding carboxylic acids is 1. The van der Waals surface area contributed by atoms with E-state index in [1.165, 1.54) is 18.2 Å². The Kier molecular flexibility index (Phi) is 5.65. The van der Waals surface area contributed by atoms with E-state index in [-0.39, 0.29) is 17.5 Å². The van der Waals surface area contributed by atoms with Crippen molar-refractivity contribution in [2.45, 2.75) is 25.3 Å². The summed E-state index contributed by atoms with van der Waals surface area (Å²) in [6.07, 6.45) is 3.96. The molecule has 1 aromatic heterocycles. The number of amides is 1. The van der Waals surface area contributed by atoms with Gasteiger partial charge < -0.3 is 14.2 Å². The molecule has 0 unspecified atom stereocenters. The topological polar surface area (TPSA) is 60.3 Å². The van der Waals surface area contributed by atoms with Crippen LogP contribution in [0.25, 0.3) is 0 Å². The van der Waals surface area contributed by atoms with Crippen LogP contribution >= 0.6 is 11.6 Å². The summed E-state index contributed by atoms with van der Waals surface area (Å²) in [6, 6.07) is 4.28. The Morgan fingerprint density at radius 1 is 1.40 bits per heavy atom. The minimum absolute atomic E-state index is 0.0241. The van der Waals surface area contributed by atoms with Crippen LogP contribution in [0.15, 0.2) is 24.5 Å². The molecule has 0 spiro atoms. The van der Waals surface area contributed by atoms with Crippen molar-refractivity contribution in [1.29, 1.82) is 0 Å². The van der Waals surface area contributed by atoms with Crippen LogP contribution in [0.5, 0.6) is 0 Å². The van der Waals surface area contributed by atoms with E-state index in [1.807, 2.05) is 0 Å². The number of carbonyl (C=O) groups is 1. The molecular weight excluding hydrogens is 347 g/mol. The summed E-state index contributed by atoms with van der Waals surface area (Å²) in [6.45, 7) is 1.69. The zero-order chi connectivity index (χ0) is 17.8. The minimum atomic E-state index is -0.544. The van der Waals surface area contributed by atoms with Crippen LogP contribution in [0, 0.1) is 5.82 Å². The van der Waals surface area contributed by atoms with Crippen molar-refractivity contribution in [2.75, 3.05) is 26.8 Å². The number of hydrogen-bond acceptors (Lipinski definition) is 4. The van der Waals surface area contributed by atoms with E-state index >= 15 is 0 Å². The highest BCUT2D eigenvalue weighted by Gasteiger charge is 2.27. The van der Waals surface area contributed by atoms with Crippen molar-refractivity contribution in [2.24, 2.45) is 0 Å². The molecule has 1 fully saturated rings. The number of halogens is 2. The molecule has 1 aliphatic heterocycles. The Morgan fingerprint density at radius 2 is 2.16 bits per heavy atom. The number of hydrogen-bond donors (Lipinski definition) is 0. The van der Waals surface area contributed by atoms with E-state index in [0.29, 0.717) is 31.1 Å². The highest BCUT2D eigenvalue weighted by Crippen LogP contribution is 2.25. The number of rotatable bonds is 5. The van der Waals surface area contributed by atoms with Crippen molar-refractivity contribution in [3.8, 4) is 0 Å². The fourth-order valence-electron chi connectivity index (χ4n) is 3.12. The van der Waals surface area contributed by atoms with Crippen LogP contribution in [-0.2, 0) is 11.2 Å². The first-order chi connectivity index (χ1) is 12.1. The molecule has 0 aliphatic carbocycles. The molecule has 25 heavy (non-hydrogen) atoms. The molecule has 6 nitrogen and oxygen atoms in total. The van der Waals surface area contributed by atoms with E-state index in [1.54, 1.807) is 18.3 Å². The van der Waals surface area contributed by atoms with Gasteiger partial charge >= 0.3 is 0 Å². The van der Waals surface area contributed by atoms with Crippen molar-refractivity contribution in [3.05, 3.63) is 46.8 Å². The smallest absolute Gasteiger partial charge is 0.256 e. The Hall–Kier alpha value is -1.99. The molecule has 0 N–H and O–H groups in total. The van der Waals surface area contributed by atoms with Crippen LogP contribution < -0.4 is 0 Å². The monoisotopic (exact) mass is 366 g/mol. The first-order valence-corrected chi connectivity index (χ1v) is 8.59. The average molecular weight is 367 g/mol. The van der Waals surface area contributed by atoms with E-state index in [0.717, 1.165) is 18.7 Å². The third kappa shape index (κ3) is 3.99. The third-order valence-electron chi connectivity index (χ3n) is 4.48. The summed E-state index contributed by atoms with van der Waals surface area (Å²) < 4.78 is 21.1. The second-order valence-electron chi connectivity index (χ2n) is 6.04. The molecule has 0 saturated carbocycles. The summed E-state index contributed by atoms with van der Waals surface area (Å²) in [4.78, 5) is 14.2. The van der Waals surface area contributed by atoms with Gasteiger partial charge in [0.2, 0.25) is 0 Å². The Labute approximate surface area is 150 Å². The Bertz CT molecular complexity index is 744. The lowest BCUT2D eigenvalue weighted by Crippen LogP contribution is -2.39. The summed E-state index contributed by atoms with van der Waals surface area (Å²) >= 11 is 5.88. The van der Waals surface area contributed by atoms with Gasteiger partial charge in [-0.1, -0.05) is 11.6 Å². The lowest BCUT2D eigenvalue weighted by Gasteiger charge is -2.33. The number of piperidine rings is 1. The van der Waals surface area contributed by atoms with Gasteiger partial charge in [0.1, 0.15) is 18.0 Å². The lowest BCUT2D eigenvalue weighted by molar-refractivity contribution is 0.0688. The molecule has 1 saturated heterocycles. The van der Waals surface area contributed by atoms with Gasteiger partial charge in [0.15, 0.2) is 0 Å². The predicted octanol–water partition coefficient (Wildman–Crippen LogP) is 2.74. The Balaban J connectivity index is 1.65. The first kappa shape index (κ1) is 17.8. The molecule has 8 heteroatoms. The predicted molar refractivity (Wildman–Crippen MR) is 91.2 cm³/mol. The number of methoxy groups -OCH3 is 1. The summed E-state index contributed by atoms with van der Waals surface area (Å²) in [5.41, 5.74) is 0.0241. The number of benzene rings is 1. The standard InChI is InChI=1S/C17H20ClFN4O2/c1-25-9-6-16-21-20-11-23(16)13-4-7-22(8-5-13)17(24)14-10-12(18)2-3-15(14)19/h2-3,10-11,13H,4-9H2,1H3. The summed E-state index contributed by atoms with van der Waals surface area (Å²) in [5, 5.41) is 8.48. The van der Waals surface area contributed by atoms with Gasteiger partial charge in [-0.05, 0) is 31.0 Å². The average Bonchev–Trinajstić information content (AvgIpc) is 3.10. The Morgan fingerprint density at radius 3 is 2.88 bits per heavy atom. The number of ether oxygens (including phenoxy) is 1. The van der Waals surface area contributed by atoms with E-state index in [4.69, 9.17) is 16.3 Å². The number of likely N-dealkylation sites (tertiary alicyclic amines) is 1. The second-order valence-corrected chi connectivity index (χ2v) is 6.48. The quantitative estimate of drug-likeness (QED) is 0.816. The maximum Gasteiger partial charge on any atom is 0.256 e. The molecule has 0 bridgehead atoms. The van der Waals surface area contributed by atoms with Crippen LogP contribution in [0.1, 0.15) is 35.1 Å². The fourth-order valence-corrected chi connectivity index (χ4v) is 3.29. The molecule has 2 heterocycles. The molecule has 0 radical (unpaired) electrons. The molecular formula is C17H20ClFN4O2. The van der Waals surface area contributed by atoms with Gasteiger partial charge in [-0.2, -0.15) is 0 Å². The number of aromatic nitrogens is 3. The van der Waals surface area contributed by atoms with Crippen LogP contribution in [-0.4, -0.2) is 52.4 Å². The SMILES string of the molecule is COCCc1nncn1C1CCN(C(=O)c2cc(Cl)ccc2F)CC1. The van der Waals surface area contributed by atoms with Crippen molar-refractivity contribution in [3.63, 3.8) is 0 Å². The van der Waals surface area contributed by atoms with E-state index in [2.05, 4.69) is 14.8 Å². The summed E-state index contributed by atoms with van der Waals surface area (Å²) in [5.74, 6) is 0.0199. The normalized spacial score (nSPS) is 15.6. The van der Waals surface area contributed by atoms with Gasteiger partial charge in [0.05, 0.1) is 12.2 Å². The van der Waals surface area contributed by atoms with Gasteiger partial charge in [-0.15, -0.1) is 10.2 Å². The van der Waals surface area contributed by atoms with E-state index < -0.39 is 5.82 Å². The molecule has 3 rings (SSSR count).